The van der Waals surface area contributed by atoms with Gasteiger partial charge < -0.3 is 19.9 Å². The molecule has 3 atom stereocenters. The van der Waals surface area contributed by atoms with Crippen LogP contribution in [-0.4, -0.2) is 53.2 Å². The largest absolute Gasteiger partial charge is 0.496 e. The highest BCUT2D eigenvalue weighted by Gasteiger charge is 2.49. The number of nitrogens with one attached hydrogen (secondary N) is 2. The van der Waals surface area contributed by atoms with Crippen LogP contribution in [0.3, 0.4) is 0 Å². The number of aromatic nitrogens is 1. The molecule has 2 amide bonds. The third-order valence-corrected chi connectivity index (χ3v) is 9.33. The van der Waals surface area contributed by atoms with Gasteiger partial charge in [0.2, 0.25) is 5.91 Å². The van der Waals surface area contributed by atoms with E-state index in [-0.39, 0.29) is 34.3 Å². The van der Waals surface area contributed by atoms with Crippen LogP contribution >= 0.6 is 0 Å². The Labute approximate surface area is 230 Å². The van der Waals surface area contributed by atoms with Crippen LogP contribution in [0, 0.1) is 28.1 Å². The fraction of sp³-hybridized carbons (Fsp3) is 0.613. The van der Waals surface area contributed by atoms with Gasteiger partial charge in [-0.2, -0.15) is 5.26 Å². The zero-order valence-corrected chi connectivity index (χ0v) is 23.3. The van der Waals surface area contributed by atoms with Crippen LogP contribution < -0.4 is 10.1 Å². The molecule has 2 unspecified atom stereocenters. The van der Waals surface area contributed by atoms with Gasteiger partial charge in [0, 0.05) is 29.8 Å². The summed E-state index contributed by atoms with van der Waals surface area (Å²) < 4.78 is 5.47. The van der Waals surface area contributed by atoms with E-state index in [1.807, 2.05) is 18.2 Å². The fourth-order valence-electron chi connectivity index (χ4n) is 7.12. The lowest BCUT2D eigenvalue weighted by Gasteiger charge is -2.34. The summed E-state index contributed by atoms with van der Waals surface area (Å²) in [4.78, 5) is 45.3. The van der Waals surface area contributed by atoms with Crippen LogP contribution in [0.5, 0.6) is 5.75 Å². The number of ketones is 1. The van der Waals surface area contributed by atoms with E-state index in [1.165, 1.54) is 6.42 Å². The van der Waals surface area contributed by atoms with Crippen molar-refractivity contribution < 1.29 is 19.1 Å². The predicted molar refractivity (Wildman–Crippen MR) is 148 cm³/mol. The molecule has 2 N–H and O–H groups in total. The maximum Gasteiger partial charge on any atom is 0.271 e. The van der Waals surface area contributed by atoms with Gasteiger partial charge >= 0.3 is 0 Å². The number of benzene rings is 1. The number of amides is 2. The molecule has 3 fully saturated rings. The number of nitrogens with zero attached hydrogens (tertiary/aromatic N) is 2. The number of fused-ring (bicyclic) bond motifs is 1. The average molecular weight is 533 g/mol. The van der Waals surface area contributed by atoms with Crippen LogP contribution in [0.2, 0.25) is 0 Å². The average Bonchev–Trinajstić information content (AvgIpc) is 3.51. The van der Waals surface area contributed by atoms with E-state index < -0.39 is 12.1 Å². The fourth-order valence-corrected chi connectivity index (χ4v) is 7.12. The first-order valence-corrected chi connectivity index (χ1v) is 14.3. The predicted octanol–water partition coefficient (Wildman–Crippen LogP) is 5.14. The zero-order chi connectivity index (χ0) is 27.8. The third kappa shape index (κ3) is 5.54. The Kier molecular flexibility index (Phi) is 7.45. The van der Waals surface area contributed by atoms with Crippen LogP contribution in [-0.2, 0) is 9.59 Å². The van der Waals surface area contributed by atoms with Gasteiger partial charge in [-0.15, -0.1) is 0 Å². The van der Waals surface area contributed by atoms with Gasteiger partial charge in [0.25, 0.3) is 5.91 Å². The van der Waals surface area contributed by atoms with Gasteiger partial charge in [-0.05, 0) is 67.6 Å². The number of nitriles is 1. The second-order valence-electron chi connectivity index (χ2n) is 12.8. The van der Waals surface area contributed by atoms with Crippen molar-refractivity contribution in [1.82, 2.24) is 15.2 Å². The molecule has 39 heavy (non-hydrogen) atoms. The van der Waals surface area contributed by atoms with Gasteiger partial charge in [0.05, 0.1) is 13.2 Å². The maximum absolute atomic E-state index is 13.9. The Morgan fingerprint density at radius 2 is 2.00 bits per heavy atom. The summed E-state index contributed by atoms with van der Waals surface area (Å²) in [6.07, 6.45) is 8.46. The number of methoxy groups -OCH3 is 1. The SMILES string of the molecule is COc1cccc2[nH]c(C(=O)N3CC4(CCCCC4)CC3C(=O)N[C@H](C#N)CC3CCC(C)(C)CC3=O)cc12. The number of carbonyl (C=O) groups is 3. The van der Waals surface area contributed by atoms with E-state index in [0.29, 0.717) is 37.3 Å². The van der Waals surface area contributed by atoms with Gasteiger partial charge in [0.1, 0.15) is 29.3 Å². The Bertz CT molecular complexity index is 1300. The van der Waals surface area contributed by atoms with E-state index in [0.717, 1.165) is 49.4 Å². The molecule has 1 saturated heterocycles. The summed E-state index contributed by atoms with van der Waals surface area (Å²) >= 11 is 0. The third-order valence-electron chi connectivity index (χ3n) is 9.33. The van der Waals surface area contributed by atoms with Crippen molar-refractivity contribution in [3.05, 3.63) is 30.0 Å². The summed E-state index contributed by atoms with van der Waals surface area (Å²) in [7, 11) is 1.60. The lowest BCUT2D eigenvalue weighted by molar-refractivity contribution is -0.129. The summed E-state index contributed by atoms with van der Waals surface area (Å²) in [5.41, 5.74) is 1.14. The molecule has 2 aliphatic carbocycles. The van der Waals surface area contributed by atoms with E-state index in [2.05, 4.69) is 30.2 Å². The minimum atomic E-state index is -0.759. The van der Waals surface area contributed by atoms with Crippen molar-refractivity contribution in [2.45, 2.75) is 90.1 Å². The Morgan fingerprint density at radius 3 is 2.69 bits per heavy atom. The number of Topliss-reactive ketones (excluding diaryl/α,β-unsaturated/α-hetero) is 1. The molecule has 0 radical (unpaired) electrons. The Morgan fingerprint density at radius 1 is 1.23 bits per heavy atom. The molecule has 2 heterocycles. The van der Waals surface area contributed by atoms with E-state index >= 15 is 0 Å². The molecule has 8 nitrogen and oxygen atoms in total. The first-order chi connectivity index (χ1) is 18.6. The number of H-pyrrole nitrogens is 1. The Hall–Kier alpha value is -3.34. The van der Waals surface area contributed by atoms with Crippen molar-refractivity contribution in [3.8, 4) is 11.8 Å². The number of hydrogen-bond donors (Lipinski definition) is 2. The molecule has 2 aromatic rings. The highest BCUT2D eigenvalue weighted by atomic mass is 16.5. The monoisotopic (exact) mass is 532 g/mol. The van der Waals surface area contributed by atoms with Crippen LogP contribution in [0.1, 0.15) is 88.5 Å². The van der Waals surface area contributed by atoms with Crippen molar-refractivity contribution in [2.75, 3.05) is 13.7 Å². The van der Waals surface area contributed by atoms with Gasteiger partial charge in [0.15, 0.2) is 0 Å². The molecule has 0 bridgehead atoms. The standard InChI is InChI=1S/C31H40N4O4/c1-30(2)13-10-20(26(36)17-30)14-21(18-32)33-28(37)25-16-31(11-5-4-6-12-31)19-35(25)29(38)24-15-22-23(34-24)8-7-9-27(22)39-3/h7-9,15,20-21,25,34H,4-6,10-14,16-17,19H2,1-3H3,(H,33,37)/t20?,21-,25?/m0/s1. The van der Waals surface area contributed by atoms with E-state index in [4.69, 9.17) is 4.74 Å². The van der Waals surface area contributed by atoms with E-state index in [9.17, 15) is 19.6 Å². The molecule has 5 rings (SSSR count). The lowest BCUT2D eigenvalue weighted by Crippen LogP contribution is -2.49. The number of aromatic amines is 1. The summed E-state index contributed by atoms with van der Waals surface area (Å²) in [5, 5.41) is 13.6. The van der Waals surface area contributed by atoms with Crippen molar-refractivity contribution in [3.63, 3.8) is 0 Å². The minimum Gasteiger partial charge on any atom is -0.496 e. The maximum atomic E-state index is 13.9. The minimum absolute atomic E-state index is 0.00929. The molecule has 3 aliphatic rings. The highest BCUT2D eigenvalue weighted by molar-refractivity contribution is 6.02. The molecule has 2 saturated carbocycles. The first-order valence-electron chi connectivity index (χ1n) is 14.3. The molecule has 1 aromatic heterocycles. The van der Waals surface area contributed by atoms with Gasteiger partial charge in [-0.1, -0.05) is 39.2 Å². The number of rotatable bonds is 6. The molecule has 1 aromatic carbocycles. The lowest BCUT2D eigenvalue weighted by atomic mass is 9.71. The van der Waals surface area contributed by atoms with Crippen LogP contribution in [0.15, 0.2) is 24.3 Å². The van der Waals surface area contributed by atoms with Crippen LogP contribution in [0.4, 0.5) is 0 Å². The number of ether oxygens (including phenoxy) is 1. The molecule has 8 heteroatoms. The Balaban J connectivity index is 1.35. The van der Waals surface area contributed by atoms with Crippen molar-refractivity contribution in [1.29, 1.82) is 5.26 Å². The summed E-state index contributed by atoms with van der Waals surface area (Å²) in [6, 6.07) is 8.22. The number of likely N-dealkylation sites (tertiary alicyclic amines) is 1. The molecule has 1 spiro atoms. The van der Waals surface area contributed by atoms with Crippen LogP contribution in [0.25, 0.3) is 10.9 Å². The first kappa shape index (κ1) is 27.2. The van der Waals surface area contributed by atoms with Gasteiger partial charge in [-0.25, -0.2) is 0 Å². The zero-order valence-electron chi connectivity index (χ0n) is 23.3. The van der Waals surface area contributed by atoms with Gasteiger partial charge in [-0.3, -0.25) is 14.4 Å². The summed E-state index contributed by atoms with van der Waals surface area (Å²) in [5.74, 6) is 0.132. The topological polar surface area (TPSA) is 115 Å². The molecular weight excluding hydrogens is 492 g/mol. The molecular formula is C31H40N4O4. The molecule has 208 valence electrons. The second-order valence-corrected chi connectivity index (χ2v) is 12.8. The van der Waals surface area contributed by atoms with Crippen molar-refractivity contribution >= 4 is 28.5 Å². The quantitative estimate of drug-likeness (QED) is 0.535. The smallest absolute Gasteiger partial charge is 0.271 e. The number of carbonyl (C=O) groups excluding carboxylic acids is 3. The summed E-state index contributed by atoms with van der Waals surface area (Å²) in [6.45, 7) is 4.73. The number of hydrogen-bond acceptors (Lipinski definition) is 5. The highest BCUT2D eigenvalue weighted by Crippen LogP contribution is 2.47. The second kappa shape index (κ2) is 10.7. The normalized spacial score (nSPS) is 24.9. The van der Waals surface area contributed by atoms with Crippen molar-refractivity contribution in [2.24, 2.45) is 16.7 Å². The molecule has 1 aliphatic heterocycles. The van der Waals surface area contributed by atoms with E-state index in [1.54, 1.807) is 18.1 Å².